The zero-order valence-electron chi connectivity index (χ0n) is 7.84. The molecule has 0 spiro atoms. The van der Waals surface area contributed by atoms with Crippen molar-refractivity contribution in [3.05, 3.63) is 0 Å². The Kier molecular flexibility index (Phi) is 4.21. The molecule has 4 nitrogen and oxygen atoms in total. The molecule has 1 fully saturated rings. The maximum Gasteiger partial charge on any atom is 0.315 e. The monoisotopic (exact) mass is 204 g/mol. The number of hydrogen-bond acceptors (Lipinski definition) is 2. The molecule has 0 aromatic rings. The molecule has 2 amide bonds. The van der Waals surface area contributed by atoms with Crippen LogP contribution in [0.25, 0.3) is 0 Å². The molecule has 0 saturated heterocycles. The Hall–Kier alpha value is -0.580. The van der Waals surface area contributed by atoms with E-state index >= 15 is 0 Å². The van der Waals surface area contributed by atoms with E-state index in [1.54, 1.807) is 0 Å². The summed E-state index contributed by atoms with van der Waals surface area (Å²) in [5.74, 6) is 1.21. The van der Waals surface area contributed by atoms with E-state index in [1.165, 1.54) is 0 Å². The van der Waals surface area contributed by atoms with Crippen LogP contribution in [0.1, 0.15) is 19.8 Å². The van der Waals surface area contributed by atoms with Crippen LogP contribution in [0.3, 0.4) is 0 Å². The summed E-state index contributed by atoms with van der Waals surface area (Å²) in [6, 6.07) is 0.257. The highest BCUT2D eigenvalue weighted by Crippen LogP contribution is 2.17. The summed E-state index contributed by atoms with van der Waals surface area (Å²) in [5.41, 5.74) is 0. The van der Waals surface area contributed by atoms with Crippen molar-refractivity contribution >= 4 is 16.8 Å². The lowest BCUT2D eigenvalue weighted by molar-refractivity contribution is 0.241. The molecule has 76 valence electrons. The molecule has 13 heavy (non-hydrogen) atoms. The molecule has 1 unspecified atom stereocenters. The Bertz CT molecular complexity index is 204. The SMILES string of the molecule is CCS(=O)CCNC(=O)NC1CC1. The lowest BCUT2D eigenvalue weighted by Crippen LogP contribution is -2.38. The van der Waals surface area contributed by atoms with Crippen molar-refractivity contribution in [2.45, 2.75) is 25.8 Å². The van der Waals surface area contributed by atoms with Gasteiger partial charge in [0.15, 0.2) is 0 Å². The number of urea groups is 1. The number of rotatable bonds is 5. The van der Waals surface area contributed by atoms with Gasteiger partial charge in [-0.15, -0.1) is 0 Å². The van der Waals surface area contributed by atoms with E-state index in [0.717, 1.165) is 12.8 Å². The lowest BCUT2D eigenvalue weighted by atomic mass is 10.6. The lowest BCUT2D eigenvalue weighted by Gasteiger charge is -2.05. The highest BCUT2D eigenvalue weighted by atomic mass is 32.2. The fourth-order valence-electron chi connectivity index (χ4n) is 0.887. The second-order valence-corrected chi connectivity index (χ2v) is 4.97. The summed E-state index contributed by atoms with van der Waals surface area (Å²) in [5, 5.41) is 5.47. The Morgan fingerprint density at radius 3 is 2.77 bits per heavy atom. The molecule has 5 heteroatoms. The van der Waals surface area contributed by atoms with Crippen LogP contribution in [0.2, 0.25) is 0 Å². The predicted molar refractivity (Wildman–Crippen MR) is 53.1 cm³/mol. The second kappa shape index (κ2) is 5.21. The zero-order chi connectivity index (χ0) is 9.68. The molecule has 1 saturated carbocycles. The van der Waals surface area contributed by atoms with Crippen molar-refractivity contribution in [1.29, 1.82) is 0 Å². The quantitative estimate of drug-likeness (QED) is 0.673. The molecule has 1 atom stereocenters. The highest BCUT2D eigenvalue weighted by Gasteiger charge is 2.22. The first-order chi connectivity index (χ1) is 6.22. The summed E-state index contributed by atoms with van der Waals surface area (Å²) < 4.78 is 11.0. The molecule has 0 aromatic heterocycles. The van der Waals surface area contributed by atoms with E-state index < -0.39 is 10.8 Å². The van der Waals surface area contributed by atoms with Crippen molar-refractivity contribution in [3.63, 3.8) is 0 Å². The minimum absolute atomic E-state index is 0.129. The third-order valence-corrected chi connectivity index (χ3v) is 3.15. The molecule has 1 rings (SSSR count). The zero-order valence-corrected chi connectivity index (χ0v) is 8.65. The van der Waals surface area contributed by atoms with Crippen molar-refractivity contribution in [2.75, 3.05) is 18.1 Å². The molecular weight excluding hydrogens is 188 g/mol. The van der Waals surface area contributed by atoms with Gasteiger partial charge in [0, 0.05) is 34.9 Å². The van der Waals surface area contributed by atoms with Crippen molar-refractivity contribution in [3.8, 4) is 0 Å². The van der Waals surface area contributed by atoms with Crippen LogP contribution in [0.4, 0.5) is 4.79 Å². The topological polar surface area (TPSA) is 58.2 Å². The molecule has 1 aliphatic carbocycles. The maximum atomic E-state index is 11.0. The Morgan fingerprint density at radius 2 is 2.23 bits per heavy atom. The fourth-order valence-corrected chi connectivity index (χ4v) is 1.51. The van der Waals surface area contributed by atoms with Crippen LogP contribution >= 0.6 is 0 Å². The smallest absolute Gasteiger partial charge is 0.315 e. The third kappa shape index (κ3) is 4.87. The predicted octanol–water partition coefficient (Wildman–Crippen LogP) is 0.217. The first-order valence-corrected chi connectivity index (χ1v) is 6.10. The number of amides is 2. The van der Waals surface area contributed by atoms with Crippen LogP contribution in [0.15, 0.2) is 0 Å². The van der Waals surface area contributed by atoms with E-state index in [-0.39, 0.29) is 6.03 Å². The largest absolute Gasteiger partial charge is 0.337 e. The molecule has 0 aromatic carbocycles. The molecule has 0 radical (unpaired) electrons. The molecule has 0 heterocycles. The van der Waals surface area contributed by atoms with E-state index in [0.29, 0.717) is 24.1 Å². The van der Waals surface area contributed by atoms with Crippen LogP contribution < -0.4 is 10.6 Å². The van der Waals surface area contributed by atoms with Gasteiger partial charge < -0.3 is 10.6 Å². The Morgan fingerprint density at radius 1 is 1.54 bits per heavy atom. The van der Waals surface area contributed by atoms with Gasteiger partial charge in [0.1, 0.15) is 0 Å². The fraction of sp³-hybridized carbons (Fsp3) is 0.875. The molecule has 1 aliphatic rings. The van der Waals surface area contributed by atoms with Gasteiger partial charge >= 0.3 is 6.03 Å². The number of carbonyl (C=O) groups excluding carboxylic acids is 1. The summed E-state index contributed by atoms with van der Waals surface area (Å²) in [7, 11) is -0.783. The Labute approximate surface area is 80.9 Å². The minimum Gasteiger partial charge on any atom is -0.337 e. The van der Waals surface area contributed by atoms with Crippen molar-refractivity contribution in [1.82, 2.24) is 10.6 Å². The molecular formula is C8H16N2O2S. The summed E-state index contributed by atoms with van der Waals surface area (Å²) in [4.78, 5) is 11.0. The van der Waals surface area contributed by atoms with Gasteiger partial charge in [-0.25, -0.2) is 4.79 Å². The van der Waals surface area contributed by atoms with Crippen molar-refractivity contribution < 1.29 is 9.00 Å². The first kappa shape index (κ1) is 10.5. The van der Waals surface area contributed by atoms with Gasteiger partial charge in [-0.3, -0.25) is 4.21 Å². The van der Waals surface area contributed by atoms with Crippen LogP contribution in [0.5, 0.6) is 0 Å². The third-order valence-electron chi connectivity index (χ3n) is 1.85. The van der Waals surface area contributed by atoms with E-state index in [1.807, 2.05) is 6.92 Å². The van der Waals surface area contributed by atoms with E-state index in [9.17, 15) is 9.00 Å². The second-order valence-electron chi connectivity index (χ2n) is 3.11. The van der Waals surface area contributed by atoms with Crippen molar-refractivity contribution in [2.24, 2.45) is 0 Å². The van der Waals surface area contributed by atoms with Crippen LogP contribution in [-0.2, 0) is 10.8 Å². The summed E-state index contributed by atoms with van der Waals surface area (Å²) in [6.45, 7) is 2.37. The van der Waals surface area contributed by atoms with Gasteiger partial charge in [0.05, 0.1) is 0 Å². The molecule has 2 N–H and O–H groups in total. The van der Waals surface area contributed by atoms with Gasteiger partial charge in [-0.2, -0.15) is 0 Å². The summed E-state index contributed by atoms with van der Waals surface area (Å²) >= 11 is 0. The van der Waals surface area contributed by atoms with E-state index in [4.69, 9.17) is 0 Å². The minimum atomic E-state index is -0.783. The number of hydrogen-bond donors (Lipinski definition) is 2. The van der Waals surface area contributed by atoms with Gasteiger partial charge in [-0.05, 0) is 12.8 Å². The number of nitrogens with one attached hydrogen (secondary N) is 2. The van der Waals surface area contributed by atoms with Gasteiger partial charge in [0.25, 0.3) is 0 Å². The Balaban J connectivity index is 1.97. The van der Waals surface area contributed by atoms with Crippen LogP contribution in [-0.4, -0.2) is 34.3 Å². The van der Waals surface area contributed by atoms with Gasteiger partial charge in [0.2, 0.25) is 0 Å². The molecule has 0 aliphatic heterocycles. The average molecular weight is 204 g/mol. The standard InChI is InChI=1S/C8H16N2O2S/c1-2-13(12)6-5-9-8(11)10-7-3-4-7/h7H,2-6H2,1H3,(H2,9,10,11). The first-order valence-electron chi connectivity index (χ1n) is 4.61. The summed E-state index contributed by atoms with van der Waals surface area (Å²) in [6.07, 6.45) is 2.18. The van der Waals surface area contributed by atoms with Crippen LogP contribution in [0, 0.1) is 0 Å². The average Bonchev–Trinajstić information content (AvgIpc) is 2.88. The van der Waals surface area contributed by atoms with E-state index in [2.05, 4.69) is 10.6 Å². The number of carbonyl (C=O) groups is 1. The molecule has 0 bridgehead atoms. The maximum absolute atomic E-state index is 11.0. The normalized spacial score (nSPS) is 17.9. The van der Waals surface area contributed by atoms with Gasteiger partial charge in [-0.1, -0.05) is 6.92 Å². The highest BCUT2D eigenvalue weighted by molar-refractivity contribution is 7.84.